The van der Waals surface area contributed by atoms with Gasteiger partial charge in [-0.2, -0.15) is 11.8 Å². The Hall–Kier alpha value is 0.0300. The fraction of sp³-hybridized carbons (Fsp3) is 0.500. The molecule has 6 heteroatoms. The van der Waals surface area contributed by atoms with Crippen molar-refractivity contribution in [3.8, 4) is 0 Å². The Bertz CT molecular complexity index is 557. The molecule has 1 aliphatic rings. The number of thiophene rings is 1. The molecule has 0 radical (unpaired) electrons. The number of aromatic nitrogens is 2. The van der Waals surface area contributed by atoms with Gasteiger partial charge in [0.25, 0.3) is 0 Å². The lowest BCUT2D eigenvalue weighted by atomic mass is 10.2. The second kappa shape index (κ2) is 5.57. The maximum atomic E-state index is 6.25. The summed E-state index contributed by atoms with van der Waals surface area (Å²) in [5.41, 5.74) is 0. The molecule has 1 saturated heterocycles. The molecule has 2 atom stereocenters. The average Bonchev–Trinajstić information content (AvgIpc) is 2.87. The van der Waals surface area contributed by atoms with E-state index in [1.165, 1.54) is 11.5 Å². The van der Waals surface area contributed by atoms with E-state index in [-0.39, 0.29) is 0 Å². The van der Waals surface area contributed by atoms with Crippen molar-refractivity contribution >= 4 is 56.7 Å². The Morgan fingerprint density at radius 1 is 1.33 bits per heavy atom. The summed E-state index contributed by atoms with van der Waals surface area (Å²) < 4.78 is 0. The molecule has 1 fully saturated rings. The van der Waals surface area contributed by atoms with Gasteiger partial charge in [0.05, 0.1) is 5.25 Å². The number of halogens is 1. The van der Waals surface area contributed by atoms with Gasteiger partial charge in [-0.3, -0.25) is 0 Å². The van der Waals surface area contributed by atoms with Crippen LogP contribution < -0.4 is 0 Å². The molecule has 2 aromatic rings. The predicted octanol–water partition coefficient (Wildman–Crippen LogP) is 4.64. The van der Waals surface area contributed by atoms with Crippen LogP contribution in [0.2, 0.25) is 5.15 Å². The molecule has 0 bridgehead atoms. The maximum Gasteiger partial charge on any atom is 0.145 e. The maximum absolute atomic E-state index is 6.25. The van der Waals surface area contributed by atoms with Crippen molar-refractivity contribution in [3.05, 3.63) is 22.4 Å². The van der Waals surface area contributed by atoms with Gasteiger partial charge >= 0.3 is 0 Å². The van der Waals surface area contributed by atoms with Crippen LogP contribution in [0.4, 0.5) is 0 Å². The van der Waals surface area contributed by atoms with E-state index in [0.717, 1.165) is 22.5 Å². The van der Waals surface area contributed by atoms with Crippen LogP contribution in [-0.2, 0) is 0 Å². The van der Waals surface area contributed by atoms with Crippen molar-refractivity contribution in [1.82, 2.24) is 9.97 Å². The first kappa shape index (κ1) is 13.0. The zero-order valence-electron chi connectivity index (χ0n) is 9.93. The van der Waals surface area contributed by atoms with Gasteiger partial charge in [0.1, 0.15) is 15.8 Å². The highest BCUT2D eigenvalue weighted by Gasteiger charge is 2.29. The molecule has 0 spiro atoms. The first-order valence-corrected chi connectivity index (χ1v) is 9.29. The van der Waals surface area contributed by atoms with Gasteiger partial charge in [-0.15, -0.1) is 23.1 Å². The van der Waals surface area contributed by atoms with Gasteiger partial charge in [-0.1, -0.05) is 18.5 Å². The third-order valence-electron chi connectivity index (χ3n) is 3.00. The third-order valence-corrected chi connectivity index (χ3v) is 7.34. The molecule has 0 aliphatic carbocycles. The molecule has 2 aromatic heterocycles. The SMILES string of the molecule is CCC1SCCSC1c1nc(Cl)c2ccsc2n1. The minimum Gasteiger partial charge on any atom is -0.221 e. The van der Waals surface area contributed by atoms with Gasteiger partial charge in [-0.25, -0.2) is 9.97 Å². The standard InChI is InChI=1S/C12H13ClN2S3/c1-2-8-9(17-6-5-16-8)11-14-10(13)7-3-4-18-12(7)15-11/h3-4,8-9H,2,5-6H2,1H3. The van der Waals surface area contributed by atoms with Crippen LogP contribution >= 0.6 is 46.5 Å². The molecule has 2 unspecified atom stereocenters. The lowest BCUT2D eigenvalue weighted by Gasteiger charge is -2.28. The van der Waals surface area contributed by atoms with E-state index in [2.05, 4.69) is 11.9 Å². The second-order valence-electron chi connectivity index (χ2n) is 4.12. The van der Waals surface area contributed by atoms with E-state index >= 15 is 0 Å². The normalized spacial score (nSPS) is 24.6. The lowest BCUT2D eigenvalue weighted by Crippen LogP contribution is -2.20. The number of nitrogens with zero attached hydrogens (tertiary/aromatic N) is 2. The number of thioether (sulfide) groups is 2. The minimum absolute atomic E-state index is 0.387. The Labute approximate surface area is 124 Å². The molecule has 3 heterocycles. The third kappa shape index (κ3) is 2.38. The lowest BCUT2D eigenvalue weighted by molar-refractivity contribution is 0.755. The number of fused-ring (bicyclic) bond motifs is 1. The zero-order valence-corrected chi connectivity index (χ0v) is 13.1. The van der Waals surface area contributed by atoms with Crippen LogP contribution in [0.15, 0.2) is 11.4 Å². The zero-order chi connectivity index (χ0) is 12.5. The molecule has 0 aromatic carbocycles. The summed E-state index contributed by atoms with van der Waals surface area (Å²) in [6.07, 6.45) is 1.16. The fourth-order valence-electron chi connectivity index (χ4n) is 2.10. The van der Waals surface area contributed by atoms with Crippen molar-refractivity contribution in [2.24, 2.45) is 0 Å². The largest absolute Gasteiger partial charge is 0.221 e. The highest BCUT2D eigenvalue weighted by Crippen LogP contribution is 2.43. The Morgan fingerprint density at radius 3 is 3.00 bits per heavy atom. The summed E-state index contributed by atoms with van der Waals surface area (Å²) in [5, 5.41) is 4.60. The molecule has 0 amide bonds. The predicted molar refractivity (Wildman–Crippen MR) is 84.2 cm³/mol. The van der Waals surface area contributed by atoms with Crippen LogP contribution in [0.3, 0.4) is 0 Å². The summed E-state index contributed by atoms with van der Waals surface area (Å²) in [6.45, 7) is 2.24. The molecule has 2 nitrogen and oxygen atoms in total. The van der Waals surface area contributed by atoms with Crippen molar-refractivity contribution in [1.29, 1.82) is 0 Å². The first-order chi connectivity index (χ1) is 8.79. The van der Waals surface area contributed by atoms with Crippen LogP contribution in [-0.4, -0.2) is 26.7 Å². The van der Waals surface area contributed by atoms with Gasteiger partial charge in [-0.05, 0) is 17.9 Å². The molecule has 1 aliphatic heterocycles. The number of hydrogen-bond acceptors (Lipinski definition) is 5. The summed E-state index contributed by atoms with van der Waals surface area (Å²) in [4.78, 5) is 10.2. The molecule has 96 valence electrons. The number of hydrogen-bond donors (Lipinski definition) is 0. The summed E-state index contributed by atoms with van der Waals surface area (Å²) in [5.74, 6) is 3.32. The second-order valence-corrected chi connectivity index (χ2v) is 7.97. The van der Waals surface area contributed by atoms with Gasteiger partial charge < -0.3 is 0 Å². The van der Waals surface area contributed by atoms with Crippen LogP contribution in [0.1, 0.15) is 24.4 Å². The molecular weight excluding hydrogens is 304 g/mol. The minimum atomic E-state index is 0.387. The number of rotatable bonds is 2. The Kier molecular flexibility index (Phi) is 4.03. The molecule has 0 N–H and O–H groups in total. The van der Waals surface area contributed by atoms with E-state index in [4.69, 9.17) is 16.6 Å². The van der Waals surface area contributed by atoms with Crippen molar-refractivity contribution in [2.75, 3.05) is 11.5 Å². The van der Waals surface area contributed by atoms with E-state index in [0.29, 0.717) is 15.7 Å². The van der Waals surface area contributed by atoms with Gasteiger partial charge in [0.2, 0.25) is 0 Å². The van der Waals surface area contributed by atoms with Gasteiger partial charge in [0, 0.05) is 22.1 Å². The fourth-order valence-corrected chi connectivity index (χ4v) is 6.16. The average molecular weight is 317 g/mol. The topological polar surface area (TPSA) is 25.8 Å². The van der Waals surface area contributed by atoms with E-state index in [1.54, 1.807) is 11.3 Å². The first-order valence-electron chi connectivity index (χ1n) is 5.93. The molecule has 3 rings (SSSR count). The highest BCUT2D eigenvalue weighted by molar-refractivity contribution is 8.06. The van der Waals surface area contributed by atoms with Crippen LogP contribution in [0.5, 0.6) is 0 Å². The molecular formula is C12H13ClN2S3. The Morgan fingerprint density at radius 2 is 2.17 bits per heavy atom. The van der Waals surface area contributed by atoms with Crippen molar-refractivity contribution in [2.45, 2.75) is 23.8 Å². The van der Waals surface area contributed by atoms with Crippen LogP contribution in [0.25, 0.3) is 10.2 Å². The highest BCUT2D eigenvalue weighted by atomic mass is 35.5. The van der Waals surface area contributed by atoms with Crippen LogP contribution in [0, 0.1) is 0 Å². The summed E-state index contributed by atoms with van der Waals surface area (Å²) in [7, 11) is 0. The van der Waals surface area contributed by atoms with Gasteiger partial charge in [0.15, 0.2) is 0 Å². The molecule has 18 heavy (non-hydrogen) atoms. The smallest absolute Gasteiger partial charge is 0.145 e. The van der Waals surface area contributed by atoms with Crippen molar-refractivity contribution in [3.63, 3.8) is 0 Å². The van der Waals surface area contributed by atoms with E-state index in [1.807, 2.05) is 35.0 Å². The van der Waals surface area contributed by atoms with Crippen molar-refractivity contribution < 1.29 is 0 Å². The Balaban J connectivity index is 2.01. The monoisotopic (exact) mass is 316 g/mol. The van der Waals surface area contributed by atoms with E-state index < -0.39 is 0 Å². The molecule has 0 saturated carbocycles. The summed E-state index contributed by atoms with van der Waals surface area (Å²) >= 11 is 11.9. The summed E-state index contributed by atoms with van der Waals surface area (Å²) in [6, 6.07) is 1.99. The quantitative estimate of drug-likeness (QED) is 0.753. The van der Waals surface area contributed by atoms with E-state index in [9.17, 15) is 0 Å².